The van der Waals surface area contributed by atoms with Gasteiger partial charge in [-0.2, -0.15) is 0 Å². The highest BCUT2D eigenvalue weighted by molar-refractivity contribution is 6.04. The molecule has 118 valence electrons. The molecule has 0 saturated carbocycles. The molecule has 2 atom stereocenters. The fourth-order valence-electron chi connectivity index (χ4n) is 2.87. The predicted molar refractivity (Wildman–Crippen MR) is 78.5 cm³/mol. The van der Waals surface area contributed by atoms with Crippen molar-refractivity contribution < 1.29 is 14.4 Å². The molecule has 0 aromatic rings. The standard InChI is InChI=1S/C15H25N3O3/c1-15(2,3)8-7-11-13(20)18(14(21)16-11)10-5-6-12(19)17(4)9-10/h10-11H,5-9H2,1-4H3,(H,16,21). The van der Waals surface area contributed by atoms with Crippen LogP contribution in [0.25, 0.3) is 0 Å². The molecule has 2 rings (SSSR count). The van der Waals surface area contributed by atoms with Crippen LogP contribution in [-0.2, 0) is 9.59 Å². The second kappa shape index (κ2) is 5.66. The molecule has 0 aromatic heterocycles. The van der Waals surface area contributed by atoms with Gasteiger partial charge >= 0.3 is 6.03 Å². The number of likely N-dealkylation sites (N-methyl/N-ethyl adjacent to an activating group) is 1. The highest BCUT2D eigenvalue weighted by atomic mass is 16.2. The molecular formula is C15H25N3O3. The van der Waals surface area contributed by atoms with Gasteiger partial charge in [-0.1, -0.05) is 20.8 Å². The number of hydrogen-bond acceptors (Lipinski definition) is 3. The zero-order chi connectivity index (χ0) is 15.8. The van der Waals surface area contributed by atoms with Crippen LogP contribution in [0.15, 0.2) is 0 Å². The second-order valence-corrected chi connectivity index (χ2v) is 7.28. The summed E-state index contributed by atoms with van der Waals surface area (Å²) in [4.78, 5) is 39.0. The summed E-state index contributed by atoms with van der Waals surface area (Å²) in [7, 11) is 1.71. The third kappa shape index (κ3) is 3.54. The van der Waals surface area contributed by atoms with Crippen LogP contribution < -0.4 is 5.32 Å². The topological polar surface area (TPSA) is 69.7 Å². The largest absolute Gasteiger partial charge is 0.344 e. The lowest BCUT2D eigenvalue weighted by molar-refractivity contribution is -0.137. The van der Waals surface area contributed by atoms with E-state index in [0.717, 1.165) is 6.42 Å². The summed E-state index contributed by atoms with van der Waals surface area (Å²) in [5.41, 5.74) is 0.135. The number of carbonyl (C=O) groups is 3. The smallest absolute Gasteiger partial charge is 0.325 e. The van der Waals surface area contributed by atoms with Crippen molar-refractivity contribution in [2.45, 2.75) is 58.5 Å². The molecule has 2 unspecified atom stereocenters. The number of likely N-dealkylation sites (tertiary alicyclic amines) is 1. The molecule has 0 radical (unpaired) electrons. The zero-order valence-corrected chi connectivity index (χ0v) is 13.3. The Hall–Kier alpha value is -1.59. The predicted octanol–water partition coefficient (Wildman–Crippen LogP) is 1.35. The van der Waals surface area contributed by atoms with E-state index >= 15 is 0 Å². The number of amides is 4. The van der Waals surface area contributed by atoms with E-state index in [0.29, 0.717) is 25.8 Å². The molecule has 6 nitrogen and oxygen atoms in total. The van der Waals surface area contributed by atoms with Crippen molar-refractivity contribution in [3.05, 3.63) is 0 Å². The summed E-state index contributed by atoms with van der Waals surface area (Å²) in [5.74, 6) is -0.0698. The van der Waals surface area contributed by atoms with Crippen LogP contribution >= 0.6 is 0 Å². The number of urea groups is 1. The maximum absolute atomic E-state index is 12.5. The first-order chi connectivity index (χ1) is 9.69. The molecule has 4 amide bonds. The first kappa shape index (κ1) is 15.8. The van der Waals surface area contributed by atoms with Crippen LogP contribution in [0.2, 0.25) is 0 Å². The lowest BCUT2D eigenvalue weighted by atomic mass is 9.88. The molecule has 0 bridgehead atoms. The first-order valence-electron chi connectivity index (χ1n) is 7.56. The minimum absolute atomic E-state index is 0.0718. The van der Waals surface area contributed by atoms with Gasteiger partial charge in [0.2, 0.25) is 5.91 Å². The third-order valence-corrected chi connectivity index (χ3v) is 4.20. The number of imide groups is 1. The van der Waals surface area contributed by atoms with Crippen LogP contribution in [0.4, 0.5) is 4.79 Å². The molecule has 2 heterocycles. The Bertz CT molecular complexity index is 456. The van der Waals surface area contributed by atoms with Crippen molar-refractivity contribution >= 4 is 17.8 Å². The molecular weight excluding hydrogens is 270 g/mol. The number of rotatable bonds is 3. The second-order valence-electron chi connectivity index (χ2n) is 7.28. The molecule has 2 fully saturated rings. The third-order valence-electron chi connectivity index (χ3n) is 4.20. The number of nitrogens with one attached hydrogen (secondary N) is 1. The van der Waals surface area contributed by atoms with E-state index in [1.165, 1.54) is 4.90 Å². The first-order valence-corrected chi connectivity index (χ1v) is 7.56. The molecule has 6 heteroatoms. The van der Waals surface area contributed by atoms with Crippen molar-refractivity contribution in [1.82, 2.24) is 15.1 Å². The van der Waals surface area contributed by atoms with E-state index < -0.39 is 6.04 Å². The fourth-order valence-corrected chi connectivity index (χ4v) is 2.87. The van der Waals surface area contributed by atoms with Crippen molar-refractivity contribution in [1.29, 1.82) is 0 Å². The van der Waals surface area contributed by atoms with E-state index in [-0.39, 0.29) is 29.3 Å². The van der Waals surface area contributed by atoms with Crippen molar-refractivity contribution in [2.24, 2.45) is 5.41 Å². The number of carbonyl (C=O) groups excluding carboxylic acids is 3. The summed E-state index contributed by atoms with van der Waals surface area (Å²) in [6.45, 7) is 6.79. The van der Waals surface area contributed by atoms with Gasteiger partial charge < -0.3 is 10.2 Å². The van der Waals surface area contributed by atoms with Gasteiger partial charge in [-0.3, -0.25) is 14.5 Å². The van der Waals surface area contributed by atoms with Crippen LogP contribution in [0.3, 0.4) is 0 Å². The maximum atomic E-state index is 12.5. The molecule has 0 aliphatic carbocycles. The normalized spacial score (nSPS) is 27.3. The van der Waals surface area contributed by atoms with Crippen LogP contribution in [0.5, 0.6) is 0 Å². The summed E-state index contributed by atoms with van der Waals surface area (Å²) in [5, 5.41) is 2.78. The number of nitrogens with zero attached hydrogens (tertiary/aromatic N) is 2. The Kier molecular flexibility index (Phi) is 4.25. The van der Waals surface area contributed by atoms with E-state index in [1.807, 2.05) is 0 Å². The van der Waals surface area contributed by atoms with Gasteiger partial charge in [0.1, 0.15) is 6.04 Å². The minimum Gasteiger partial charge on any atom is -0.344 e. The average molecular weight is 295 g/mol. The summed E-state index contributed by atoms with van der Waals surface area (Å²) in [6.07, 6.45) is 2.49. The lowest BCUT2D eigenvalue weighted by Crippen LogP contribution is -2.51. The molecule has 2 saturated heterocycles. The zero-order valence-electron chi connectivity index (χ0n) is 13.3. The summed E-state index contributed by atoms with van der Waals surface area (Å²) in [6, 6.07) is -0.925. The Morgan fingerprint density at radius 1 is 1.24 bits per heavy atom. The minimum atomic E-state index is -0.417. The van der Waals surface area contributed by atoms with Gasteiger partial charge in [-0.05, 0) is 24.7 Å². The van der Waals surface area contributed by atoms with Crippen LogP contribution in [0.1, 0.15) is 46.5 Å². The van der Waals surface area contributed by atoms with Crippen LogP contribution in [-0.4, -0.2) is 53.3 Å². The Labute approximate surface area is 125 Å². The van der Waals surface area contributed by atoms with Crippen LogP contribution in [0, 0.1) is 5.41 Å². The highest BCUT2D eigenvalue weighted by Gasteiger charge is 2.43. The Balaban J connectivity index is 2.00. The van der Waals surface area contributed by atoms with Gasteiger partial charge in [0, 0.05) is 20.0 Å². The fraction of sp³-hybridized carbons (Fsp3) is 0.800. The highest BCUT2D eigenvalue weighted by Crippen LogP contribution is 2.26. The number of piperidine rings is 1. The molecule has 2 aliphatic heterocycles. The van der Waals surface area contributed by atoms with E-state index in [1.54, 1.807) is 11.9 Å². The van der Waals surface area contributed by atoms with Crippen molar-refractivity contribution in [2.75, 3.05) is 13.6 Å². The molecule has 21 heavy (non-hydrogen) atoms. The average Bonchev–Trinajstić information content (AvgIpc) is 2.65. The van der Waals surface area contributed by atoms with Gasteiger partial charge in [0.05, 0.1) is 6.04 Å². The van der Waals surface area contributed by atoms with Gasteiger partial charge in [-0.25, -0.2) is 4.79 Å². The molecule has 1 N–H and O–H groups in total. The molecule has 0 spiro atoms. The van der Waals surface area contributed by atoms with Gasteiger partial charge in [0.15, 0.2) is 0 Å². The quantitative estimate of drug-likeness (QED) is 0.799. The van der Waals surface area contributed by atoms with E-state index in [9.17, 15) is 14.4 Å². The summed E-state index contributed by atoms with van der Waals surface area (Å²) < 4.78 is 0. The van der Waals surface area contributed by atoms with Gasteiger partial charge in [-0.15, -0.1) is 0 Å². The van der Waals surface area contributed by atoms with E-state index in [2.05, 4.69) is 26.1 Å². The van der Waals surface area contributed by atoms with Gasteiger partial charge in [0.25, 0.3) is 5.91 Å². The van der Waals surface area contributed by atoms with Crippen molar-refractivity contribution in [3.63, 3.8) is 0 Å². The Morgan fingerprint density at radius 2 is 1.90 bits per heavy atom. The maximum Gasteiger partial charge on any atom is 0.325 e. The lowest BCUT2D eigenvalue weighted by Gasteiger charge is -2.33. The summed E-state index contributed by atoms with van der Waals surface area (Å²) >= 11 is 0. The van der Waals surface area contributed by atoms with E-state index in [4.69, 9.17) is 0 Å². The Morgan fingerprint density at radius 3 is 2.48 bits per heavy atom. The SMILES string of the molecule is CN1CC(N2C(=O)NC(CCC(C)(C)C)C2=O)CCC1=O. The monoisotopic (exact) mass is 295 g/mol. The number of hydrogen-bond donors (Lipinski definition) is 1. The van der Waals surface area contributed by atoms with Crippen molar-refractivity contribution in [3.8, 4) is 0 Å². The molecule has 2 aliphatic rings. The molecule has 0 aromatic carbocycles.